The Morgan fingerprint density at radius 1 is 1.18 bits per heavy atom. The Balaban J connectivity index is 1.40. The quantitative estimate of drug-likeness (QED) is 0.906. The van der Waals surface area contributed by atoms with Crippen LogP contribution in [0.2, 0.25) is 0 Å². The lowest BCUT2D eigenvalue weighted by atomic mass is 9.92. The maximum Gasteiger partial charge on any atom is 0.248 e. The molecular weight excluding hydrogens is 280 g/mol. The molecule has 1 aliphatic carbocycles. The lowest BCUT2D eigenvalue weighted by Gasteiger charge is -2.25. The van der Waals surface area contributed by atoms with Gasteiger partial charge in [-0.2, -0.15) is 0 Å². The van der Waals surface area contributed by atoms with Crippen molar-refractivity contribution in [2.24, 2.45) is 0 Å². The first-order chi connectivity index (χ1) is 10.8. The third-order valence-electron chi connectivity index (χ3n) is 4.34. The van der Waals surface area contributed by atoms with Crippen LogP contribution < -0.4 is 20.3 Å². The number of hydrogen-bond donors (Lipinski definition) is 2. The van der Waals surface area contributed by atoms with Gasteiger partial charge < -0.3 is 19.8 Å². The molecule has 2 aromatic rings. The molecule has 5 nitrogen and oxygen atoms in total. The fourth-order valence-electron chi connectivity index (χ4n) is 3.14. The molecule has 0 bridgehead atoms. The van der Waals surface area contributed by atoms with Crippen molar-refractivity contribution in [1.29, 1.82) is 0 Å². The molecule has 1 atom stereocenters. The molecule has 0 fully saturated rings. The van der Waals surface area contributed by atoms with E-state index in [0.717, 1.165) is 43.0 Å². The van der Waals surface area contributed by atoms with Gasteiger partial charge in [0.25, 0.3) is 0 Å². The summed E-state index contributed by atoms with van der Waals surface area (Å²) in [5.74, 6) is 1.64. The highest BCUT2D eigenvalue weighted by molar-refractivity contribution is 5.44. The zero-order valence-electron chi connectivity index (χ0n) is 12.2. The average Bonchev–Trinajstić information content (AvgIpc) is 3.00. The average molecular weight is 298 g/mol. The Kier molecular flexibility index (Phi) is 3.35. The van der Waals surface area contributed by atoms with E-state index in [0.29, 0.717) is 12.8 Å². The Labute approximate surface area is 128 Å². The third-order valence-corrected chi connectivity index (χ3v) is 4.34. The topological polar surface area (TPSA) is 63.4 Å². The van der Waals surface area contributed by atoms with E-state index in [1.165, 1.54) is 11.1 Å². The number of rotatable bonds is 3. The fourth-order valence-corrected chi connectivity index (χ4v) is 3.14. The van der Waals surface area contributed by atoms with Gasteiger partial charge in [0.2, 0.25) is 12.4 Å². The minimum atomic E-state index is -0.00878. The van der Waals surface area contributed by atoms with Crippen LogP contribution in [0, 0.1) is 0 Å². The van der Waals surface area contributed by atoms with Gasteiger partial charge >= 0.3 is 0 Å². The molecule has 22 heavy (non-hydrogen) atoms. The standard InChI is InChI=1S/C17H18N2O3/c20-17-6-2-12-8-13(3-4-14(12)19-17)18-9-11-1-5-15-16(7-11)22-10-21-15/h1-2,5-7,13,18H,3-4,8-10H2,(H,19,20)/t13-/m0/s1. The number of fused-ring (bicyclic) bond motifs is 2. The second kappa shape index (κ2) is 5.50. The van der Waals surface area contributed by atoms with Gasteiger partial charge in [0.1, 0.15) is 0 Å². The smallest absolute Gasteiger partial charge is 0.248 e. The molecule has 0 radical (unpaired) electrons. The van der Waals surface area contributed by atoms with Crippen molar-refractivity contribution in [2.75, 3.05) is 6.79 Å². The fraction of sp³-hybridized carbons (Fsp3) is 0.353. The number of aromatic nitrogens is 1. The highest BCUT2D eigenvalue weighted by Gasteiger charge is 2.19. The number of pyridine rings is 1. The zero-order chi connectivity index (χ0) is 14.9. The van der Waals surface area contributed by atoms with Gasteiger partial charge in [-0.25, -0.2) is 0 Å². The summed E-state index contributed by atoms with van der Waals surface area (Å²) >= 11 is 0. The van der Waals surface area contributed by atoms with Crippen LogP contribution in [0.1, 0.15) is 23.2 Å². The second-order valence-corrected chi connectivity index (χ2v) is 5.83. The van der Waals surface area contributed by atoms with Gasteiger partial charge in [0.05, 0.1) is 0 Å². The minimum Gasteiger partial charge on any atom is -0.454 e. The number of aryl methyl sites for hydroxylation is 1. The molecule has 1 aliphatic heterocycles. The normalized spacial score (nSPS) is 19.0. The zero-order valence-corrected chi connectivity index (χ0v) is 12.2. The summed E-state index contributed by atoms with van der Waals surface area (Å²) in [6.07, 6.45) is 2.92. The van der Waals surface area contributed by atoms with Crippen LogP contribution in [-0.2, 0) is 19.4 Å². The lowest BCUT2D eigenvalue weighted by Crippen LogP contribution is -2.35. The first kappa shape index (κ1) is 13.4. The SMILES string of the molecule is O=c1ccc2c([nH]1)CC[C@H](NCc1ccc3c(c1)OCO3)C2. The lowest BCUT2D eigenvalue weighted by molar-refractivity contribution is 0.174. The van der Waals surface area contributed by atoms with E-state index in [2.05, 4.69) is 16.4 Å². The molecule has 1 aromatic heterocycles. The van der Waals surface area contributed by atoms with Gasteiger partial charge in [-0.3, -0.25) is 4.79 Å². The van der Waals surface area contributed by atoms with Crippen LogP contribution in [0.4, 0.5) is 0 Å². The van der Waals surface area contributed by atoms with E-state index in [1.807, 2.05) is 18.2 Å². The summed E-state index contributed by atoms with van der Waals surface area (Å²) in [5, 5.41) is 3.60. The summed E-state index contributed by atoms with van der Waals surface area (Å²) in [7, 11) is 0. The van der Waals surface area contributed by atoms with Gasteiger partial charge in [-0.05, 0) is 42.5 Å². The Hall–Kier alpha value is -2.27. The molecule has 1 aromatic carbocycles. The summed E-state index contributed by atoms with van der Waals surface area (Å²) in [4.78, 5) is 14.3. The maximum atomic E-state index is 11.3. The van der Waals surface area contributed by atoms with E-state index in [9.17, 15) is 4.79 Å². The summed E-state index contributed by atoms with van der Waals surface area (Å²) in [6, 6.07) is 10.0. The first-order valence-electron chi connectivity index (χ1n) is 7.61. The van der Waals surface area contributed by atoms with Crippen molar-refractivity contribution in [1.82, 2.24) is 10.3 Å². The molecule has 4 rings (SSSR count). The number of ether oxygens (including phenoxy) is 2. The summed E-state index contributed by atoms with van der Waals surface area (Å²) in [5.41, 5.74) is 3.52. The van der Waals surface area contributed by atoms with Crippen molar-refractivity contribution in [3.05, 3.63) is 57.5 Å². The second-order valence-electron chi connectivity index (χ2n) is 5.83. The molecule has 0 saturated heterocycles. The molecule has 5 heteroatoms. The molecule has 0 saturated carbocycles. The number of aromatic amines is 1. The largest absolute Gasteiger partial charge is 0.454 e. The van der Waals surface area contributed by atoms with E-state index in [4.69, 9.17) is 9.47 Å². The number of hydrogen-bond acceptors (Lipinski definition) is 4. The Bertz CT molecular complexity index is 754. The van der Waals surface area contributed by atoms with Crippen LogP contribution in [0.3, 0.4) is 0 Å². The molecule has 0 spiro atoms. The molecule has 0 amide bonds. The highest BCUT2D eigenvalue weighted by Crippen LogP contribution is 2.32. The van der Waals surface area contributed by atoms with Gasteiger partial charge in [0.15, 0.2) is 11.5 Å². The Morgan fingerprint density at radius 2 is 2.09 bits per heavy atom. The number of H-pyrrole nitrogens is 1. The highest BCUT2D eigenvalue weighted by atomic mass is 16.7. The molecule has 2 N–H and O–H groups in total. The molecule has 2 heterocycles. The monoisotopic (exact) mass is 298 g/mol. The van der Waals surface area contributed by atoms with Crippen LogP contribution in [0.15, 0.2) is 35.1 Å². The third kappa shape index (κ3) is 2.60. The predicted molar refractivity (Wildman–Crippen MR) is 82.3 cm³/mol. The molecular formula is C17H18N2O3. The van der Waals surface area contributed by atoms with Crippen LogP contribution in [0.5, 0.6) is 11.5 Å². The van der Waals surface area contributed by atoms with Crippen LogP contribution >= 0.6 is 0 Å². The Morgan fingerprint density at radius 3 is 3.05 bits per heavy atom. The van der Waals surface area contributed by atoms with E-state index < -0.39 is 0 Å². The van der Waals surface area contributed by atoms with Crippen molar-refractivity contribution in [2.45, 2.75) is 31.8 Å². The first-order valence-corrected chi connectivity index (χ1v) is 7.61. The van der Waals surface area contributed by atoms with E-state index >= 15 is 0 Å². The predicted octanol–water partition coefficient (Wildman–Crippen LogP) is 1.75. The van der Waals surface area contributed by atoms with Crippen LogP contribution in [-0.4, -0.2) is 17.8 Å². The van der Waals surface area contributed by atoms with Gasteiger partial charge in [-0.15, -0.1) is 0 Å². The minimum absolute atomic E-state index is 0.00878. The van der Waals surface area contributed by atoms with Crippen molar-refractivity contribution in [3.63, 3.8) is 0 Å². The van der Waals surface area contributed by atoms with E-state index in [1.54, 1.807) is 6.07 Å². The van der Waals surface area contributed by atoms with Crippen molar-refractivity contribution < 1.29 is 9.47 Å². The number of nitrogens with one attached hydrogen (secondary N) is 2. The maximum absolute atomic E-state index is 11.3. The molecule has 0 unspecified atom stereocenters. The van der Waals surface area contributed by atoms with Crippen molar-refractivity contribution >= 4 is 0 Å². The van der Waals surface area contributed by atoms with Crippen LogP contribution in [0.25, 0.3) is 0 Å². The molecule has 114 valence electrons. The van der Waals surface area contributed by atoms with Crippen molar-refractivity contribution in [3.8, 4) is 11.5 Å². The van der Waals surface area contributed by atoms with Gasteiger partial charge in [-0.1, -0.05) is 12.1 Å². The summed E-state index contributed by atoms with van der Waals surface area (Å²) < 4.78 is 10.7. The molecule has 2 aliphatic rings. The van der Waals surface area contributed by atoms with E-state index in [-0.39, 0.29) is 5.56 Å². The number of benzene rings is 1. The van der Waals surface area contributed by atoms with Gasteiger partial charge in [0, 0.05) is 24.3 Å². The summed E-state index contributed by atoms with van der Waals surface area (Å²) in [6.45, 7) is 1.11.